The second-order valence-corrected chi connectivity index (χ2v) is 11.3. The molecule has 6 rings (SSSR count). The number of rotatable bonds is 6. The fraction of sp³-hybridized carbons (Fsp3) is 0.500. The Morgan fingerprint density at radius 3 is 2.82 bits per heavy atom. The fourth-order valence-electron chi connectivity index (χ4n) is 4.94. The van der Waals surface area contributed by atoms with Crippen LogP contribution in [-0.4, -0.2) is 70.0 Å². The Morgan fingerprint density at radius 2 is 2.03 bits per heavy atom. The van der Waals surface area contributed by atoms with Crippen molar-refractivity contribution in [3.8, 4) is 28.5 Å². The molecule has 2 aromatic heterocycles. The maximum absolute atomic E-state index is 13.4. The van der Waals surface area contributed by atoms with Crippen molar-refractivity contribution >= 4 is 23.0 Å². The third-order valence-corrected chi connectivity index (χ3v) is 7.03. The highest BCUT2D eigenvalue weighted by Crippen LogP contribution is 2.48. The lowest BCUT2D eigenvalue weighted by Gasteiger charge is -2.34. The number of carbonyl (C=O) groups is 2. The van der Waals surface area contributed by atoms with Crippen LogP contribution >= 0.6 is 0 Å². The molecular weight excluding hydrogens is 502 g/mol. The van der Waals surface area contributed by atoms with Gasteiger partial charge in [-0.25, -0.2) is 14.8 Å². The van der Waals surface area contributed by atoms with Gasteiger partial charge in [0.2, 0.25) is 6.79 Å². The lowest BCUT2D eigenvalue weighted by Crippen LogP contribution is -2.50. The monoisotopic (exact) mass is 535 g/mol. The zero-order valence-corrected chi connectivity index (χ0v) is 22.4. The van der Waals surface area contributed by atoms with E-state index in [0.717, 1.165) is 12.8 Å². The first kappa shape index (κ1) is 25.3. The number of H-pyrrole nitrogens is 1. The first-order valence-electron chi connectivity index (χ1n) is 13.4. The minimum Gasteiger partial charge on any atom is -0.492 e. The van der Waals surface area contributed by atoms with E-state index in [1.807, 2.05) is 32.9 Å². The average Bonchev–Trinajstić information content (AvgIpc) is 3.42. The van der Waals surface area contributed by atoms with Gasteiger partial charge in [-0.3, -0.25) is 4.79 Å². The van der Waals surface area contributed by atoms with Gasteiger partial charge in [0.1, 0.15) is 28.9 Å². The van der Waals surface area contributed by atoms with E-state index in [1.165, 1.54) is 19.2 Å². The number of fused-ring (bicyclic) bond motifs is 2. The van der Waals surface area contributed by atoms with E-state index in [4.69, 9.17) is 18.9 Å². The molecule has 0 radical (unpaired) electrons. The number of amides is 2. The smallest absolute Gasteiger partial charge is 0.410 e. The second kappa shape index (κ2) is 9.94. The summed E-state index contributed by atoms with van der Waals surface area (Å²) in [6.07, 6.45) is 6.59. The van der Waals surface area contributed by atoms with Crippen LogP contribution in [0.3, 0.4) is 0 Å². The molecule has 1 atom stereocenters. The molecule has 1 saturated carbocycles. The molecule has 1 saturated heterocycles. The average molecular weight is 536 g/mol. The maximum atomic E-state index is 13.4. The summed E-state index contributed by atoms with van der Waals surface area (Å²) in [5, 5.41) is 3.07. The Hall–Kier alpha value is -4.02. The lowest BCUT2D eigenvalue weighted by atomic mass is 10.0. The number of aromatic nitrogens is 3. The van der Waals surface area contributed by atoms with Crippen molar-refractivity contribution in [2.75, 3.05) is 26.5 Å². The number of hydrogen-bond donors (Lipinski definition) is 2. The van der Waals surface area contributed by atoms with Crippen LogP contribution < -0.4 is 19.5 Å². The highest BCUT2D eigenvalue weighted by molar-refractivity contribution is 6.08. The molecule has 39 heavy (non-hydrogen) atoms. The van der Waals surface area contributed by atoms with E-state index in [9.17, 15) is 9.59 Å². The van der Waals surface area contributed by atoms with Gasteiger partial charge in [-0.1, -0.05) is 0 Å². The fourth-order valence-corrected chi connectivity index (χ4v) is 4.94. The standard InChI is InChI=1S/C28H33N5O6/c1-28(2,3)39-27(35)33-10-4-5-17(12-33)32-26(34)18-11-29-24-22(18)30-14-31-23(24)21-19(36-13-16-6-7-16)8-9-20-25(21)38-15-37-20/h8-9,11,14,16-17,29H,4-7,10,12-13,15H2,1-3H3,(H,32,34)/t17-/m1/s1. The summed E-state index contributed by atoms with van der Waals surface area (Å²) in [7, 11) is 0. The first-order valence-corrected chi connectivity index (χ1v) is 13.4. The summed E-state index contributed by atoms with van der Waals surface area (Å²) < 4.78 is 23.1. The first-order chi connectivity index (χ1) is 18.8. The Balaban J connectivity index is 1.25. The van der Waals surface area contributed by atoms with Gasteiger partial charge in [-0.2, -0.15) is 0 Å². The molecular formula is C28H33N5O6. The number of piperidine rings is 1. The molecule has 2 N–H and O–H groups in total. The van der Waals surface area contributed by atoms with Crippen LogP contribution in [0.5, 0.6) is 17.2 Å². The molecule has 3 aromatic rings. The van der Waals surface area contributed by atoms with Crippen LogP contribution in [0.1, 0.15) is 56.8 Å². The van der Waals surface area contributed by atoms with Crippen LogP contribution in [0, 0.1) is 5.92 Å². The zero-order valence-electron chi connectivity index (χ0n) is 22.4. The Morgan fingerprint density at radius 1 is 1.18 bits per heavy atom. The molecule has 1 aliphatic carbocycles. The minimum atomic E-state index is -0.576. The molecule has 1 aromatic carbocycles. The molecule has 11 nitrogen and oxygen atoms in total. The van der Waals surface area contributed by atoms with Crippen LogP contribution in [0.25, 0.3) is 22.3 Å². The maximum Gasteiger partial charge on any atom is 0.410 e. The van der Waals surface area contributed by atoms with E-state index in [0.29, 0.717) is 70.7 Å². The van der Waals surface area contributed by atoms with Gasteiger partial charge in [-0.15, -0.1) is 0 Å². The highest BCUT2D eigenvalue weighted by Gasteiger charge is 2.31. The van der Waals surface area contributed by atoms with Gasteiger partial charge in [-0.05, 0) is 64.5 Å². The van der Waals surface area contributed by atoms with E-state index in [2.05, 4.69) is 20.3 Å². The summed E-state index contributed by atoms with van der Waals surface area (Å²) in [5.41, 5.74) is 2.15. The van der Waals surface area contributed by atoms with Crippen LogP contribution in [-0.2, 0) is 4.74 Å². The molecule has 2 aliphatic heterocycles. The summed E-state index contributed by atoms with van der Waals surface area (Å²) in [5.74, 6) is 2.13. The van der Waals surface area contributed by atoms with Gasteiger partial charge >= 0.3 is 6.09 Å². The molecule has 0 bridgehead atoms. The van der Waals surface area contributed by atoms with Crippen LogP contribution in [0.15, 0.2) is 24.7 Å². The SMILES string of the molecule is CC(C)(C)OC(=O)N1CCC[C@@H](NC(=O)c2c[nH]c3c(-c4c(OCC5CC5)ccc5c4OCO5)ncnc23)C1. The van der Waals surface area contributed by atoms with E-state index >= 15 is 0 Å². The van der Waals surface area contributed by atoms with Crippen molar-refractivity contribution < 1.29 is 28.5 Å². The molecule has 0 spiro atoms. The third-order valence-electron chi connectivity index (χ3n) is 7.03. The molecule has 4 heterocycles. The number of aromatic amines is 1. The van der Waals surface area contributed by atoms with Crippen LogP contribution in [0.4, 0.5) is 4.79 Å². The van der Waals surface area contributed by atoms with Crippen molar-refractivity contribution in [1.29, 1.82) is 0 Å². The van der Waals surface area contributed by atoms with Crippen molar-refractivity contribution in [2.45, 2.75) is 58.1 Å². The zero-order chi connectivity index (χ0) is 27.1. The number of nitrogens with zero attached hydrogens (tertiary/aromatic N) is 3. The van der Waals surface area contributed by atoms with Gasteiger partial charge in [0, 0.05) is 25.3 Å². The summed E-state index contributed by atoms with van der Waals surface area (Å²) in [4.78, 5) is 39.8. The van der Waals surface area contributed by atoms with Crippen molar-refractivity contribution in [1.82, 2.24) is 25.2 Å². The molecule has 0 unspecified atom stereocenters. The predicted molar refractivity (Wildman–Crippen MR) is 142 cm³/mol. The quantitative estimate of drug-likeness (QED) is 0.479. The molecule has 2 fully saturated rings. The topological polar surface area (TPSA) is 128 Å². The predicted octanol–water partition coefficient (Wildman–Crippen LogP) is 4.27. The van der Waals surface area contributed by atoms with E-state index < -0.39 is 5.60 Å². The summed E-state index contributed by atoms with van der Waals surface area (Å²) in [6.45, 7) is 7.25. The second-order valence-electron chi connectivity index (χ2n) is 11.3. The number of likely N-dealkylation sites (tertiary alicyclic amines) is 1. The van der Waals surface area contributed by atoms with Crippen LogP contribution in [0.2, 0.25) is 0 Å². The molecule has 3 aliphatic rings. The third kappa shape index (κ3) is 5.30. The van der Waals surface area contributed by atoms with Crippen molar-refractivity contribution in [2.24, 2.45) is 5.92 Å². The van der Waals surface area contributed by atoms with Gasteiger partial charge < -0.3 is 34.1 Å². The summed E-state index contributed by atoms with van der Waals surface area (Å²) in [6, 6.07) is 3.51. The number of ether oxygens (including phenoxy) is 4. The number of benzene rings is 1. The number of carbonyl (C=O) groups excluding carboxylic acids is 2. The number of nitrogens with one attached hydrogen (secondary N) is 2. The Labute approximate surface area is 226 Å². The molecule has 206 valence electrons. The number of hydrogen-bond acceptors (Lipinski definition) is 8. The Kier molecular flexibility index (Phi) is 6.44. The largest absolute Gasteiger partial charge is 0.492 e. The van der Waals surface area contributed by atoms with Gasteiger partial charge in [0.05, 0.1) is 23.3 Å². The molecule has 11 heteroatoms. The lowest BCUT2D eigenvalue weighted by molar-refractivity contribution is 0.0185. The summed E-state index contributed by atoms with van der Waals surface area (Å²) >= 11 is 0. The van der Waals surface area contributed by atoms with Crippen molar-refractivity contribution in [3.05, 3.63) is 30.2 Å². The normalized spacial score (nSPS) is 18.7. The highest BCUT2D eigenvalue weighted by atomic mass is 16.7. The molecule has 2 amide bonds. The van der Waals surface area contributed by atoms with E-state index in [-0.39, 0.29) is 24.8 Å². The minimum absolute atomic E-state index is 0.114. The van der Waals surface area contributed by atoms with Gasteiger partial charge in [0.25, 0.3) is 5.91 Å². The van der Waals surface area contributed by atoms with E-state index in [1.54, 1.807) is 11.1 Å². The van der Waals surface area contributed by atoms with Gasteiger partial charge in [0.15, 0.2) is 11.5 Å². The Bertz CT molecular complexity index is 1410. The van der Waals surface area contributed by atoms with Crippen molar-refractivity contribution in [3.63, 3.8) is 0 Å².